The zero-order valence-electron chi connectivity index (χ0n) is 13.1. The Labute approximate surface area is 140 Å². The van der Waals surface area contributed by atoms with Crippen molar-refractivity contribution in [2.75, 3.05) is 21.3 Å². The number of allylic oxidation sites excluding steroid dienone is 1. The van der Waals surface area contributed by atoms with Crippen molar-refractivity contribution in [2.24, 2.45) is 0 Å². The lowest BCUT2D eigenvalue weighted by Crippen LogP contribution is -1.95. The molecule has 2 aromatic rings. The number of rotatable bonds is 6. The molecule has 2 aromatic carbocycles. The molecule has 0 saturated heterocycles. The second-order valence-corrected chi connectivity index (χ2v) is 5.01. The molecule has 23 heavy (non-hydrogen) atoms. The van der Waals surface area contributed by atoms with E-state index < -0.39 is 0 Å². The number of hydrogen-bond acceptors (Lipinski definition) is 4. The molecule has 0 spiro atoms. The molecule has 0 N–H and O–H groups in total. The number of carbonyl (C=O) groups excluding carboxylic acids is 1. The van der Waals surface area contributed by atoms with Gasteiger partial charge in [-0.15, -0.1) is 0 Å². The van der Waals surface area contributed by atoms with E-state index in [2.05, 4.69) is 0 Å². The normalized spacial score (nSPS) is 10.6. The maximum atomic E-state index is 12.2. The van der Waals surface area contributed by atoms with Crippen molar-refractivity contribution in [3.8, 4) is 17.2 Å². The molecule has 0 heterocycles. The molecule has 0 amide bonds. The van der Waals surface area contributed by atoms with E-state index in [1.807, 2.05) is 0 Å². The van der Waals surface area contributed by atoms with E-state index in [1.54, 1.807) is 49.6 Å². The van der Waals surface area contributed by atoms with E-state index in [0.717, 1.165) is 0 Å². The van der Waals surface area contributed by atoms with E-state index in [0.29, 0.717) is 33.4 Å². The first-order valence-corrected chi connectivity index (χ1v) is 7.25. The van der Waals surface area contributed by atoms with Crippen LogP contribution in [0.3, 0.4) is 0 Å². The Bertz CT molecular complexity index is 721. The molecule has 0 saturated carbocycles. The molecule has 0 aromatic heterocycles. The molecule has 2 rings (SSSR count). The fourth-order valence-corrected chi connectivity index (χ4v) is 2.35. The molecule has 0 aliphatic heterocycles. The first-order chi connectivity index (χ1) is 11.1. The number of carbonyl (C=O) groups is 1. The van der Waals surface area contributed by atoms with Crippen molar-refractivity contribution in [1.29, 1.82) is 0 Å². The zero-order chi connectivity index (χ0) is 16.8. The Morgan fingerprint density at radius 3 is 2.22 bits per heavy atom. The Morgan fingerprint density at radius 2 is 1.65 bits per heavy atom. The van der Waals surface area contributed by atoms with Gasteiger partial charge < -0.3 is 14.2 Å². The van der Waals surface area contributed by atoms with Crippen LogP contribution in [0.2, 0.25) is 5.02 Å². The molecule has 120 valence electrons. The van der Waals surface area contributed by atoms with Gasteiger partial charge in [-0.3, -0.25) is 4.79 Å². The van der Waals surface area contributed by atoms with Crippen LogP contribution in [-0.2, 0) is 0 Å². The highest BCUT2D eigenvalue weighted by atomic mass is 35.5. The SMILES string of the molecule is COc1ccc(C(=O)/C=C/c2ccc(OC)c(OC)c2Cl)cc1. The van der Waals surface area contributed by atoms with E-state index >= 15 is 0 Å². The maximum Gasteiger partial charge on any atom is 0.185 e. The molecule has 5 heteroatoms. The number of methoxy groups -OCH3 is 3. The van der Waals surface area contributed by atoms with Crippen LogP contribution in [0.4, 0.5) is 0 Å². The summed E-state index contributed by atoms with van der Waals surface area (Å²) >= 11 is 6.28. The molecule has 0 aliphatic carbocycles. The minimum Gasteiger partial charge on any atom is -0.497 e. The molecule has 0 fully saturated rings. The summed E-state index contributed by atoms with van der Waals surface area (Å²) in [7, 11) is 4.63. The highest BCUT2D eigenvalue weighted by molar-refractivity contribution is 6.34. The summed E-state index contributed by atoms with van der Waals surface area (Å²) in [5.74, 6) is 1.55. The van der Waals surface area contributed by atoms with Crippen LogP contribution < -0.4 is 14.2 Å². The summed E-state index contributed by atoms with van der Waals surface area (Å²) in [6, 6.07) is 10.4. The van der Waals surface area contributed by atoms with Crippen LogP contribution in [-0.4, -0.2) is 27.1 Å². The summed E-state index contributed by atoms with van der Waals surface area (Å²) in [6.45, 7) is 0. The molecule has 0 bridgehead atoms. The van der Waals surface area contributed by atoms with Crippen molar-refractivity contribution in [3.63, 3.8) is 0 Å². The Kier molecular flexibility index (Phi) is 5.66. The van der Waals surface area contributed by atoms with E-state index in [1.165, 1.54) is 20.3 Å². The highest BCUT2D eigenvalue weighted by Gasteiger charge is 2.11. The maximum absolute atomic E-state index is 12.2. The summed E-state index contributed by atoms with van der Waals surface area (Å²) < 4.78 is 15.5. The van der Waals surface area contributed by atoms with Gasteiger partial charge in [-0.25, -0.2) is 0 Å². The van der Waals surface area contributed by atoms with Gasteiger partial charge in [-0.2, -0.15) is 0 Å². The number of benzene rings is 2. The van der Waals surface area contributed by atoms with Gasteiger partial charge in [-0.1, -0.05) is 11.6 Å². The highest BCUT2D eigenvalue weighted by Crippen LogP contribution is 2.37. The predicted molar refractivity (Wildman–Crippen MR) is 90.9 cm³/mol. The zero-order valence-corrected chi connectivity index (χ0v) is 13.9. The number of ketones is 1. The van der Waals surface area contributed by atoms with Gasteiger partial charge in [0.1, 0.15) is 5.75 Å². The van der Waals surface area contributed by atoms with E-state index in [-0.39, 0.29) is 5.78 Å². The molecule has 0 unspecified atom stereocenters. The topological polar surface area (TPSA) is 44.8 Å². The Balaban J connectivity index is 2.23. The average molecular weight is 333 g/mol. The fraction of sp³-hybridized carbons (Fsp3) is 0.167. The lowest BCUT2D eigenvalue weighted by molar-refractivity contribution is 0.104. The van der Waals surface area contributed by atoms with Gasteiger partial charge in [0.05, 0.1) is 26.4 Å². The smallest absolute Gasteiger partial charge is 0.185 e. The number of hydrogen-bond donors (Lipinski definition) is 0. The Morgan fingerprint density at radius 1 is 0.957 bits per heavy atom. The Hall–Kier alpha value is -2.46. The quantitative estimate of drug-likeness (QED) is 0.585. The van der Waals surface area contributed by atoms with Crippen molar-refractivity contribution >= 4 is 23.5 Å². The van der Waals surface area contributed by atoms with Gasteiger partial charge in [-0.05, 0) is 54.1 Å². The fourth-order valence-electron chi connectivity index (χ4n) is 2.05. The second-order valence-electron chi connectivity index (χ2n) is 4.63. The van der Waals surface area contributed by atoms with Crippen LogP contribution in [0.25, 0.3) is 6.08 Å². The van der Waals surface area contributed by atoms with Crippen molar-refractivity contribution in [1.82, 2.24) is 0 Å². The number of ether oxygens (including phenoxy) is 3. The second kappa shape index (κ2) is 7.70. The standard InChI is InChI=1S/C18H17ClO4/c1-21-14-8-4-12(5-9-14)15(20)10-6-13-7-11-16(22-2)18(23-3)17(13)19/h4-11H,1-3H3/b10-6+. The lowest BCUT2D eigenvalue weighted by Gasteiger charge is -2.10. The van der Waals surface area contributed by atoms with Crippen LogP contribution in [0.5, 0.6) is 17.2 Å². The van der Waals surface area contributed by atoms with Crippen LogP contribution in [0.15, 0.2) is 42.5 Å². The molecule has 0 radical (unpaired) electrons. The molecule has 0 aliphatic rings. The van der Waals surface area contributed by atoms with Gasteiger partial charge >= 0.3 is 0 Å². The minimum absolute atomic E-state index is 0.126. The van der Waals surface area contributed by atoms with Crippen molar-refractivity contribution < 1.29 is 19.0 Å². The molecular weight excluding hydrogens is 316 g/mol. The first kappa shape index (κ1) is 16.9. The van der Waals surface area contributed by atoms with Gasteiger partial charge in [0, 0.05) is 5.56 Å². The van der Waals surface area contributed by atoms with E-state index in [4.69, 9.17) is 25.8 Å². The summed E-state index contributed by atoms with van der Waals surface area (Å²) in [6.07, 6.45) is 3.12. The van der Waals surface area contributed by atoms with Gasteiger partial charge in [0.25, 0.3) is 0 Å². The molecule has 4 nitrogen and oxygen atoms in total. The van der Waals surface area contributed by atoms with Gasteiger partial charge in [0.15, 0.2) is 17.3 Å². The van der Waals surface area contributed by atoms with Crippen LogP contribution in [0, 0.1) is 0 Å². The third-order valence-corrected chi connectivity index (χ3v) is 3.69. The summed E-state index contributed by atoms with van der Waals surface area (Å²) in [5, 5.41) is 0.394. The van der Waals surface area contributed by atoms with Crippen LogP contribution >= 0.6 is 11.6 Å². The average Bonchev–Trinajstić information content (AvgIpc) is 2.60. The van der Waals surface area contributed by atoms with Gasteiger partial charge in [0.2, 0.25) is 0 Å². The predicted octanol–water partition coefficient (Wildman–Crippen LogP) is 4.26. The van der Waals surface area contributed by atoms with Crippen molar-refractivity contribution in [3.05, 3.63) is 58.6 Å². The number of halogens is 1. The first-order valence-electron chi connectivity index (χ1n) is 6.87. The van der Waals surface area contributed by atoms with Crippen molar-refractivity contribution in [2.45, 2.75) is 0 Å². The largest absolute Gasteiger partial charge is 0.497 e. The monoisotopic (exact) mass is 332 g/mol. The third-order valence-electron chi connectivity index (χ3n) is 3.30. The summed E-state index contributed by atoms with van der Waals surface area (Å²) in [4.78, 5) is 12.2. The molecular formula is C18H17ClO4. The molecule has 0 atom stereocenters. The lowest BCUT2D eigenvalue weighted by atomic mass is 10.1. The van der Waals surface area contributed by atoms with Crippen LogP contribution in [0.1, 0.15) is 15.9 Å². The summed E-state index contributed by atoms with van der Waals surface area (Å²) in [5.41, 5.74) is 1.24. The third kappa shape index (κ3) is 3.85. The minimum atomic E-state index is -0.126. The van der Waals surface area contributed by atoms with E-state index in [9.17, 15) is 4.79 Å².